The Kier molecular flexibility index (Phi) is 3.49. The van der Waals surface area contributed by atoms with Crippen LogP contribution in [0.2, 0.25) is 0 Å². The average Bonchev–Trinajstić information content (AvgIpc) is 2.17. The van der Waals surface area contributed by atoms with Gasteiger partial charge in [0.25, 0.3) is 0 Å². The van der Waals surface area contributed by atoms with Crippen molar-refractivity contribution in [3.63, 3.8) is 0 Å². The predicted molar refractivity (Wildman–Crippen MR) is 57.4 cm³/mol. The summed E-state index contributed by atoms with van der Waals surface area (Å²) >= 11 is 0. The maximum Gasteiger partial charge on any atom is 0.244 e. The SMILES string of the molecule is CNC(=O)C(C)(C)NC1=NCCCC1. The zero-order valence-electron chi connectivity index (χ0n) is 9.18. The molecule has 0 atom stereocenters. The van der Waals surface area contributed by atoms with E-state index in [-0.39, 0.29) is 5.91 Å². The Bertz CT molecular complexity index is 246. The standard InChI is InChI=1S/C10H19N3O/c1-10(2,9(14)11-3)13-8-6-4-5-7-12-8/h4-7H2,1-3H3,(H,11,14)(H,12,13). The Morgan fingerprint density at radius 2 is 2.14 bits per heavy atom. The number of carbonyl (C=O) groups is 1. The molecule has 0 bridgehead atoms. The van der Waals surface area contributed by atoms with E-state index in [1.165, 1.54) is 0 Å². The fourth-order valence-corrected chi connectivity index (χ4v) is 1.53. The van der Waals surface area contributed by atoms with Crippen LogP contribution in [0.4, 0.5) is 0 Å². The fourth-order valence-electron chi connectivity index (χ4n) is 1.53. The Morgan fingerprint density at radius 3 is 2.64 bits per heavy atom. The predicted octanol–water partition coefficient (Wildman–Crippen LogP) is 0.683. The number of carbonyl (C=O) groups excluding carboxylic acids is 1. The molecular formula is C10H19N3O. The van der Waals surface area contributed by atoms with Gasteiger partial charge in [0.05, 0.1) is 5.84 Å². The molecule has 0 spiro atoms. The lowest BCUT2D eigenvalue weighted by Crippen LogP contribution is -2.54. The molecule has 0 fully saturated rings. The molecule has 1 rings (SSSR count). The Balaban J connectivity index is 2.57. The van der Waals surface area contributed by atoms with Crippen LogP contribution in [0.15, 0.2) is 4.99 Å². The first-order chi connectivity index (χ1) is 6.56. The summed E-state index contributed by atoms with van der Waals surface area (Å²) in [7, 11) is 1.65. The van der Waals surface area contributed by atoms with E-state index in [4.69, 9.17) is 0 Å². The van der Waals surface area contributed by atoms with E-state index >= 15 is 0 Å². The van der Waals surface area contributed by atoms with E-state index < -0.39 is 5.54 Å². The number of likely N-dealkylation sites (N-methyl/N-ethyl adjacent to an activating group) is 1. The molecule has 1 heterocycles. The number of amidine groups is 1. The van der Waals surface area contributed by atoms with Crippen LogP contribution in [0.3, 0.4) is 0 Å². The summed E-state index contributed by atoms with van der Waals surface area (Å²) < 4.78 is 0. The largest absolute Gasteiger partial charge is 0.360 e. The summed E-state index contributed by atoms with van der Waals surface area (Å²) in [4.78, 5) is 15.8. The van der Waals surface area contributed by atoms with Gasteiger partial charge in [-0.25, -0.2) is 0 Å². The smallest absolute Gasteiger partial charge is 0.244 e. The topological polar surface area (TPSA) is 53.5 Å². The van der Waals surface area contributed by atoms with Gasteiger partial charge < -0.3 is 10.6 Å². The molecular weight excluding hydrogens is 178 g/mol. The molecule has 80 valence electrons. The monoisotopic (exact) mass is 197 g/mol. The van der Waals surface area contributed by atoms with Crippen LogP contribution in [0.25, 0.3) is 0 Å². The van der Waals surface area contributed by atoms with Gasteiger partial charge in [-0.05, 0) is 26.7 Å². The van der Waals surface area contributed by atoms with Crippen LogP contribution in [0.5, 0.6) is 0 Å². The second-order valence-corrected chi connectivity index (χ2v) is 4.11. The van der Waals surface area contributed by atoms with Crippen LogP contribution in [-0.2, 0) is 4.79 Å². The average molecular weight is 197 g/mol. The first-order valence-electron chi connectivity index (χ1n) is 5.10. The molecule has 0 aromatic rings. The van der Waals surface area contributed by atoms with Crippen LogP contribution < -0.4 is 10.6 Å². The van der Waals surface area contributed by atoms with Crippen LogP contribution in [0, 0.1) is 0 Å². The fraction of sp³-hybridized carbons (Fsp3) is 0.800. The summed E-state index contributed by atoms with van der Waals surface area (Å²) in [6.45, 7) is 4.61. The first kappa shape index (κ1) is 11.0. The summed E-state index contributed by atoms with van der Waals surface area (Å²) in [5, 5.41) is 5.82. The molecule has 0 unspecified atom stereocenters. The second-order valence-electron chi connectivity index (χ2n) is 4.11. The van der Waals surface area contributed by atoms with Crippen molar-refractivity contribution in [2.75, 3.05) is 13.6 Å². The van der Waals surface area contributed by atoms with E-state index in [2.05, 4.69) is 15.6 Å². The van der Waals surface area contributed by atoms with Gasteiger partial charge in [-0.3, -0.25) is 9.79 Å². The lowest BCUT2D eigenvalue weighted by Gasteiger charge is -2.27. The van der Waals surface area contributed by atoms with Crippen molar-refractivity contribution in [3.8, 4) is 0 Å². The van der Waals surface area contributed by atoms with Gasteiger partial charge in [0.1, 0.15) is 5.54 Å². The summed E-state index contributed by atoms with van der Waals surface area (Å²) in [5.74, 6) is 0.954. The minimum Gasteiger partial charge on any atom is -0.360 e. The lowest BCUT2D eigenvalue weighted by atomic mass is 10.0. The maximum absolute atomic E-state index is 11.5. The zero-order chi connectivity index (χ0) is 10.6. The van der Waals surface area contributed by atoms with E-state index in [1.807, 2.05) is 13.8 Å². The van der Waals surface area contributed by atoms with Crippen molar-refractivity contribution in [2.45, 2.75) is 38.6 Å². The summed E-state index contributed by atoms with van der Waals surface area (Å²) in [6, 6.07) is 0. The van der Waals surface area contributed by atoms with Gasteiger partial charge in [-0.1, -0.05) is 0 Å². The number of nitrogens with zero attached hydrogens (tertiary/aromatic N) is 1. The number of amides is 1. The number of hydrogen-bond acceptors (Lipinski definition) is 3. The molecule has 4 heteroatoms. The van der Waals surface area contributed by atoms with E-state index in [0.717, 1.165) is 31.6 Å². The van der Waals surface area contributed by atoms with Gasteiger partial charge in [0, 0.05) is 20.0 Å². The highest BCUT2D eigenvalue weighted by Crippen LogP contribution is 2.08. The summed E-state index contributed by atoms with van der Waals surface area (Å²) in [5.41, 5.74) is -0.565. The van der Waals surface area contributed by atoms with Gasteiger partial charge in [0.2, 0.25) is 5.91 Å². The summed E-state index contributed by atoms with van der Waals surface area (Å²) in [6.07, 6.45) is 3.28. The quantitative estimate of drug-likeness (QED) is 0.684. The number of aliphatic imine (C=N–C) groups is 1. The number of nitrogens with one attached hydrogen (secondary N) is 2. The molecule has 14 heavy (non-hydrogen) atoms. The second kappa shape index (κ2) is 4.44. The molecule has 0 saturated heterocycles. The highest BCUT2D eigenvalue weighted by Gasteiger charge is 2.27. The molecule has 1 aliphatic rings. The van der Waals surface area contributed by atoms with Gasteiger partial charge >= 0.3 is 0 Å². The van der Waals surface area contributed by atoms with Gasteiger partial charge in [0.15, 0.2) is 0 Å². The molecule has 0 aromatic heterocycles. The molecule has 0 aliphatic carbocycles. The maximum atomic E-state index is 11.5. The number of rotatable bonds is 2. The Hall–Kier alpha value is -1.06. The minimum atomic E-state index is -0.565. The highest BCUT2D eigenvalue weighted by molar-refractivity contribution is 5.92. The molecule has 2 N–H and O–H groups in total. The van der Waals surface area contributed by atoms with Crippen molar-refractivity contribution in [3.05, 3.63) is 0 Å². The third kappa shape index (κ3) is 2.72. The van der Waals surface area contributed by atoms with E-state index in [0.29, 0.717) is 0 Å². The van der Waals surface area contributed by atoms with Crippen LogP contribution in [0.1, 0.15) is 33.1 Å². The molecule has 4 nitrogen and oxygen atoms in total. The van der Waals surface area contributed by atoms with Crippen molar-refractivity contribution in [2.24, 2.45) is 4.99 Å². The van der Waals surface area contributed by atoms with Crippen molar-refractivity contribution >= 4 is 11.7 Å². The molecule has 1 aliphatic heterocycles. The zero-order valence-corrected chi connectivity index (χ0v) is 9.18. The van der Waals surface area contributed by atoms with E-state index in [9.17, 15) is 4.79 Å². The van der Waals surface area contributed by atoms with Crippen molar-refractivity contribution < 1.29 is 4.79 Å². The van der Waals surface area contributed by atoms with Crippen molar-refractivity contribution in [1.82, 2.24) is 10.6 Å². The third-order valence-electron chi connectivity index (χ3n) is 2.38. The minimum absolute atomic E-state index is 0.00854. The molecule has 0 saturated carbocycles. The van der Waals surface area contributed by atoms with Crippen molar-refractivity contribution in [1.29, 1.82) is 0 Å². The van der Waals surface area contributed by atoms with Crippen LogP contribution in [-0.4, -0.2) is 30.9 Å². The lowest BCUT2D eigenvalue weighted by molar-refractivity contribution is -0.125. The molecule has 1 amide bonds. The normalized spacial score (nSPS) is 17.2. The molecule has 0 radical (unpaired) electrons. The number of hydrogen-bond donors (Lipinski definition) is 2. The third-order valence-corrected chi connectivity index (χ3v) is 2.38. The Morgan fingerprint density at radius 1 is 1.43 bits per heavy atom. The first-order valence-corrected chi connectivity index (χ1v) is 5.10. The van der Waals surface area contributed by atoms with Gasteiger partial charge in [-0.2, -0.15) is 0 Å². The highest BCUT2D eigenvalue weighted by atomic mass is 16.2. The Labute approximate surface area is 85.2 Å². The van der Waals surface area contributed by atoms with E-state index in [1.54, 1.807) is 7.05 Å². The van der Waals surface area contributed by atoms with Crippen LogP contribution >= 0.6 is 0 Å². The molecule has 0 aromatic carbocycles. The van der Waals surface area contributed by atoms with Gasteiger partial charge in [-0.15, -0.1) is 0 Å².